The van der Waals surface area contributed by atoms with Gasteiger partial charge in [-0.05, 0) is 6.42 Å². The van der Waals surface area contributed by atoms with Crippen LogP contribution in [-0.2, 0) is 4.79 Å². The smallest absolute Gasteiger partial charge is 0.332 e. The lowest BCUT2D eigenvalue weighted by Gasteiger charge is -2.11. The van der Waals surface area contributed by atoms with E-state index in [0.29, 0.717) is 0 Å². The lowest BCUT2D eigenvalue weighted by atomic mass is 10.1. The number of rotatable bonds is 6. The summed E-state index contributed by atoms with van der Waals surface area (Å²) in [6, 6.07) is -0.0545. The fourth-order valence-corrected chi connectivity index (χ4v) is 0.855. The van der Waals surface area contributed by atoms with Crippen molar-refractivity contribution in [2.24, 2.45) is 0 Å². The Morgan fingerprint density at radius 1 is 1.77 bits per heavy atom. The van der Waals surface area contributed by atoms with E-state index in [0.717, 1.165) is 12.8 Å². The fraction of sp³-hybridized carbons (Fsp3) is 0.500. The maximum atomic E-state index is 10.4. The molecule has 1 atom stereocenters. The standard InChI is InChI=1S/C10H15NO2/c1-4-6-9(5-2)11-7-8(3)10(12)13/h2,9,11H,3-4,6-7H2,1H3,(H,12,13). The molecule has 3 nitrogen and oxygen atoms in total. The first-order valence-corrected chi connectivity index (χ1v) is 4.22. The molecule has 0 radical (unpaired) electrons. The van der Waals surface area contributed by atoms with E-state index in [2.05, 4.69) is 17.8 Å². The average Bonchev–Trinajstić information content (AvgIpc) is 2.11. The van der Waals surface area contributed by atoms with Gasteiger partial charge < -0.3 is 5.11 Å². The third-order valence-corrected chi connectivity index (χ3v) is 1.64. The van der Waals surface area contributed by atoms with Gasteiger partial charge in [0.2, 0.25) is 0 Å². The van der Waals surface area contributed by atoms with Crippen LogP contribution in [0, 0.1) is 12.3 Å². The minimum absolute atomic E-state index is 0.0545. The highest BCUT2D eigenvalue weighted by atomic mass is 16.4. The monoisotopic (exact) mass is 181 g/mol. The molecule has 72 valence electrons. The van der Waals surface area contributed by atoms with Crippen molar-refractivity contribution < 1.29 is 9.90 Å². The van der Waals surface area contributed by atoms with Crippen molar-refractivity contribution in [2.75, 3.05) is 6.54 Å². The van der Waals surface area contributed by atoms with Gasteiger partial charge in [0.05, 0.1) is 6.04 Å². The Labute approximate surface area is 78.8 Å². The lowest BCUT2D eigenvalue weighted by molar-refractivity contribution is -0.132. The Balaban J connectivity index is 3.80. The minimum Gasteiger partial charge on any atom is -0.478 e. The maximum Gasteiger partial charge on any atom is 0.332 e. The van der Waals surface area contributed by atoms with Crippen LogP contribution in [0.1, 0.15) is 19.8 Å². The van der Waals surface area contributed by atoms with E-state index in [9.17, 15) is 4.79 Å². The predicted octanol–water partition coefficient (Wildman–Crippen LogP) is 1.02. The third kappa shape index (κ3) is 5.05. The van der Waals surface area contributed by atoms with Crippen molar-refractivity contribution in [3.63, 3.8) is 0 Å². The molecule has 0 saturated heterocycles. The largest absolute Gasteiger partial charge is 0.478 e. The summed E-state index contributed by atoms with van der Waals surface area (Å²) in [5.74, 6) is 1.57. The summed E-state index contributed by atoms with van der Waals surface area (Å²) in [5.41, 5.74) is 0.136. The second kappa shape index (κ2) is 6.27. The highest BCUT2D eigenvalue weighted by molar-refractivity contribution is 5.86. The minimum atomic E-state index is -0.986. The van der Waals surface area contributed by atoms with E-state index in [-0.39, 0.29) is 18.2 Å². The third-order valence-electron chi connectivity index (χ3n) is 1.64. The molecular weight excluding hydrogens is 166 g/mol. The highest BCUT2D eigenvalue weighted by Crippen LogP contribution is 1.96. The molecule has 0 saturated carbocycles. The molecule has 0 aliphatic heterocycles. The molecule has 0 aromatic rings. The summed E-state index contributed by atoms with van der Waals surface area (Å²) in [4.78, 5) is 10.4. The van der Waals surface area contributed by atoms with Gasteiger partial charge in [-0.25, -0.2) is 4.79 Å². The van der Waals surface area contributed by atoms with Crippen LogP contribution in [0.3, 0.4) is 0 Å². The number of hydrogen-bond donors (Lipinski definition) is 2. The van der Waals surface area contributed by atoms with E-state index in [1.165, 1.54) is 0 Å². The normalized spacial score (nSPS) is 11.7. The first kappa shape index (κ1) is 11.7. The molecule has 2 N–H and O–H groups in total. The molecule has 0 spiro atoms. The number of carboxylic acids is 1. The lowest BCUT2D eigenvalue weighted by Crippen LogP contribution is -2.30. The second-order valence-electron chi connectivity index (χ2n) is 2.80. The van der Waals surface area contributed by atoms with Crippen LogP contribution in [0.15, 0.2) is 12.2 Å². The topological polar surface area (TPSA) is 49.3 Å². The highest BCUT2D eigenvalue weighted by Gasteiger charge is 2.06. The van der Waals surface area contributed by atoms with Crippen LogP contribution in [0.5, 0.6) is 0 Å². The van der Waals surface area contributed by atoms with Crippen molar-refractivity contribution in [2.45, 2.75) is 25.8 Å². The Morgan fingerprint density at radius 2 is 2.38 bits per heavy atom. The Kier molecular flexibility index (Phi) is 5.66. The van der Waals surface area contributed by atoms with Gasteiger partial charge >= 0.3 is 5.97 Å². The van der Waals surface area contributed by atoms with E-state index >= 15 is 0 Å². The zero-order valence-corrected chi connectivity index (χ0v) is 7.84. The van der Waals surface area contributed by atoms with E-state index in [1.807, 2.05) is 6.92 Å². The number of carbonyl (C=O) groups is 1. The van der Waals surface area contributed by atoms with E-state index in [4.69, 9.17) is 11.5 Å². The molecule has 0 heterocycles. The molecule has 0 aromatic carbocycles. The molecule has 0 aromatic heterocycles. The van der Waals surface area contributed by atoms with Gasteiger partial charge in [0.1, 0.15) is 0 Å². The summed E-state index contributed by atoms with van der Waals surface area (Å²) in [6.45, 7) is 5.66. The zero-order chi connectivity index (χ0) is 10.3. The number of nitrogens with one attached hydrogen (secondary N) is 1. The average molecular weight is 181 g/mol. The van der Waals surface area contributed by atoms with Crippen molar-refractivity contribution >= 4 is 5.97 Å². The summed E-state index contributed by atoms with van der Waals surface area (Å²) in [7, 11) is 0. The number of carboxylic acid groups (broad SMARTS) is 1. The van der Waals surface area contributed by atoms with E-state index in [1.54, 1.807) is 0 Å². The molecule has 0 rings (SSSR count). The number of hydrogen-bond acceptors (Lipinski definition) is 2. The maximum absolute atomic E-state index is 10.4. The van der Waals surface area contributed by atoms with Crippen molar-refractivity contribution in [1.82, 2.24) is 5.32 Å². The van der Waals surface area contributed by atoms with Gasteiger partial charge in [-0.1, -0.05) is 25.8 Å². The van der Waals surface area contributed by atoms with Gasteiger partial charge in [0, 0.05) is 12.1 Å². The SMILES string of the molecule is C#CC(CCC)NCC(=C)C(=O)O. The summed E-state index contributed by atoms with van der Waals surface area (Å²) in [6.07, 6.45) is 7.06. The van der Waals surface area contributed by atoms with Gasteiger partial charge in [0.15, 0.2) is 0 Å². The van der Waals surface area contributed by atoms with Gasteiger partial charge in [-0.2, -0.15) is 0 Å². The quantitative estimate of drug-likeness (QED) is 0.475. The molecule has 0 fully saturated rings. The molecule has 0 aliphatic carbocycles. The molecule has 0 amide bonds. The Hall–Kier alpha value is -1.27. The Bertz CT molecular complexity index is 228. The molecule has 1 unspecified atom stereocenters. The van der Waals surface area contributed by atoms with Crippen LogP contribution in [0.25, 0.3) is 0 Å². The number of aliphatic carboxylic acids is 1. The summed E-state index contributed by atoms with van der Waals surface area (Å²) in [5, 5.41) is 11.4. The molecule has 13 heavy (non-hydrogen) atoms. The molecule has 3 heteroatoms. The first-order chi connectivity index (χ1) is 6.11. The first-order valence-electron chi connectivity index (χ1n) is 4.22. The van der Waals surface area contributed by atoms with Gasteiger partial charge in [-0.15, -0.1) is 6.42 Å². The van der Waals surface area contributed by atoms with Crippen molar-refractivity contribution in [1.29, 1.82) is 0 Å². The van der Waals surface area contributed by atoms with Crippen molar-refractivity contribution in [3.8, 4) is 12.3 Å². The van der Waals surface area contributed by atoms with Gasteiger partial charge in [-0.3, -0.25) is 5.32 Å². The van der Waals surface area contributed by atoms with Crippen LogP contribution < -0.4 is 5.32 Å². The molecule has 0 aliphatic rings. The predicted molar refractivity (Wildman–Crippen MR) is 52.3 cm³/mol. The number of terminal acetylenes is 1. The van der Waals surface area contributed by atoms with Crippen LogP contribution >= 0.6 is 0 Å². The Morgan fingerprint density at radius 3 is 2.77 bits per heavy atom. The molecular formula is C10H15NO2. The van der Waals surface area contributed by atoms with Crippen LogP contribution in [-0.4, -0.2) is 23.7 Å². The summed E-state index contributed by atoms with van der Waals surface area (Å²) < 4.78 is 0. The second-order valence-corrected chi connectivity index (χ2v) is 2.80. The van der Waals surface area contributed by atoms with Crippen molar-refractivity contribution in [3.05, 3.63) is 12.2 Å². The summed E-state index contributed by atoms with van der Waals surface area (Å²) >= 11 is 0. The van der Waals surface area contributed by atoms with Gasteiger partial charge in [0.25, 0.3) is 0 Å². The molecule has 0 bridgehead atoms. The zero-order valence-electron chi connectivity index (χ0n) is 7.84. The van der Waals surface area contributed by atoms with E-state index < -0.39 is 5.97 Å². The van der Waals surface area contributed by atoms with Crippen LogP contribution in [0.4, 0.5) is 0 Å². The van der Waals surface area contributed by atoms with Crippen LogP contribution in [0.2, 0.25) is 0 Å². The fourth-order valence-electron chi connectivity index (χ4n) is 0.855.